The van der Waals surface area contributed by atoms with Crippen LogP contribution in [0.4, 0.5) is 0 Å². The zero-order valence-electron chi connectivity index (χ0n) is 17.7. The van der Waals surface area contributed by atoms with Crippen molar-refractivity contribution in [3.63, 3.8) is 0 Å². The molecule has 6 atom stereocenters. The van der Waals surface area contributed by atoms with Gasteiger partial charge in [0.25, 0.3) is 0 Å². The number of likely N-dealkylation sites (tertiary alicyclic amines) is 1. The standard InChI is InChI=1S/C22H27ClN6O2S/c23-15-7-25-21(26-8-15)12-5-13-9-29(10-14(13)6-12)18-2-1-16(18)22(24,30)20-19-17(27-11-28-20)3-4-32(19)31/h7-8,11-14,16,18,30H,1-6,9-10,24H2/t12?,13?,14?,16?,18?,22?,32-/m1/s1. The molecule has 2 aliphatic heterocycles. The van der Waals surface area contributed by atoms with Gasteiger partial charge < -0.3 is 5.11 Å². The van der Waals surface area contributed by atoms with Gasteiger partial charge in [0.1, 0.15) is 17.8 Å². The second-order valence-corrected chi connectivity index (χ2v) is 11.7. The highest BCUT2D eigenvalue weighted by atomic mass is 35.5. The highest BCUT2D eigenvalue weighted by molar-refractivity contribution is 7.85. The van der Waals surface area contributed by atoms with E-state index in [4.69, 9.17) is 17.3 Å². The van der Waals surface area contributed by atoms with Crippen molar-refractivity contribution in [3.8, 4) is 0 Å². The lowest BCUT2D eigenvalue weighted by atomic mass is 9.71. The highest BCUT2D eigenvalue weighted by Gasteiger charge is 2.53. The Labute approximate surface area is 194 Å². The summed E-state index contributed by atoms with van der Waals surface area (Å²) in [6, 6.07) is 0.223. The maximum absolute atomic E-state index is 12.5. The summed E-state index contributed by atoms with van der Waals surface area (Å²) in [6.45, 7) is 2.03. The number of aromatic nitrogens is 4. The lowest BCUT2D eigenvalue weighted by Crippen LogP contribution is -2.59. The van der Waals surface area contributed by atoms with Crippen molar-refractivity contribution >= 4 is 22.4 Å². The normalized spacial score (nSPS) is 35.8. The molecule has 6 rings (SSSR count). The summed E-state index contributed by atoms with van der Waals surface area (Å²) < 4.78 is 12.5. The van der Waals surface area contributed by atoms with Crippen LogP contribution >= 0.6 is 11.6 Å². The van der Waals surface area contributed by atoms with E-state index in [0.29, 0.717) is 45.5 Å². The quantitative estimate of drug-likeness (QED) is 0.641. The molecular weight excluding hydrogens is 448 g/mol. The van der Waals surface area contributed by atoms with Crippen molar-refractivity contribution in [1.29, 1.82) is 0 Å². The molecule has 3 N–H and O–H groups in total. The van der Waals surface area contributed by atoms with Gasteiger partial charge in [-0.05, 0) is 37.5 Å². The number of nitrogens with two attached hydrogens (primary N) is 1. The first-order chi connectivity index (χ1) is 15.4. The Morgan fingerprint density at radius 1 is 1.12 bits per heavy atom. The Morgan fingerprint density at radius 2 is 1.84 bits per heavy atom. The van der Waals surface area contributed by atoms with Crippen molar-refractivity contribution in [1.82, 2.24) is 24.8 Å². The zero-order valence-corrected chi connectivity index (χ0v) is 19.3. The van der Waals surface area contributed by atoms with Crippen LogP contribution in [0, 0.1) is 17.8 Å². The van der Waals surface area contributed by atoms with Crippen LogP contribution in [0.2, 0.25) is 5.02 Å². The number of hydrogen-bond donors (Lipinski definition) is 2. The molecule has 0 aromatic carbocycles. The number of halogens is 1. The summed E-state index contributed by atoms with van der Waals surface area (Å²) in [4.78, 5) is 20.5. The molecule has 5 unspecified atom stereocenters. The molecule has 0 amide bonds. The molecule has 32 heavy (non-hydrogen) atoms. The van der Waals surface area contributed by atoms with Gasteiger partial charge >= 0.3 is 0 Å². The van der Waals surface area contributed by atoms with Gasteiger partial charge in [0.2, 0.25) is 0 Å². The van der Waals surface area contributed by atoms with Crippen LogP contribution in [0.15, 0.2) is 23.6 Å². The molecule has 4 aliphatic rings. The minimum Gasteiger partial charge on any atom is -0.370 e. The van der Waals surface area contributed by atoms with Crippen molar-refractivity contribution < 1.29 is 9.32 Å². The predicted octanol–water partition coefficient (Wildman–Crippen LogP) is 1.59. The van der Waals surface area contributed by atoms with Gasteiger partial charge in [-0.2, -0.15) is 0 Å². The monoisotopic (exact) mass is 474 g/mol. The van der Waals surface area contributed by atoms with Gasteiger partial charge in [0.15, 0.2) is 5.72 Å². The van der Waals surface area contributed by atoms with Gasteiger partial charge in [-0.25, -0.2) is 19.9 Å². The van der Waals surface area contributed by atoms with Crippen LogP contribution < -0.4 is 5.73 Å². The predicted molar refractivity (Wildman–Crippen MR) is 119 cm³/mol. The fourth-order valence-electron chi connectivity index (χ4n) is 6.36. The topological polar surface area (TPSA) is 118 Å². The smallest absolute Gasteiger partial charge is 0.162 e. The highest BCUT2D eigenvalue weighted by Crippen LogP contribution is 2.50. The molecule has 2 aromatic heterocycles. The Kier molecular flexibility index (Phi) is 5.11. The van der Waals surface area contributed by atoms with Gasteiger partial charge in [-0.1, -0.05) is 11.6 Å². The lowest BCUT2D eigenvalue weighted by Gasteiger charge is -2.49. The molecule has 3 fully saturated rings. The van der Waals surface area contributed by atoms with Crippen LogP contribution in [0.25, 0.3) is 0 Å². The van der Waals surface area contributed by atoms with Crippen molar-refractivity contribution in [3.05, 3.63) is 41.0 Å². The van der Waals surface area contributed by atoms with E-state index in [1.165, 1.54) is 6.33 Å². The number of aliphatic hydroxyl groups is 1. The van der Waals surface area contributed by atoms with E-state index in [1.807, 2.05) is 0 Å². The summed E-state index contributed by atoms with van der Waals surface area (Å²) in [5, 5.41) is 12.0. The third kappa shape index (κ3) is 3.32. The van der Waals surface area contributed by atoms with Crippen molar-refractivity contribution in [2.24, 2.45) is 23.5 Å². The SMILES string of the molecule is NC(O)(c1ncnc2c1[S@](=O)CC2)C1CCC1N1CC2CC(c3ncc(Cl)cn3)CC2C1. The van der Waals surface area contributed by atoms with E-state index in [2.05, 4.69) is 24.8 Å². The van der Waals surface area contributed by atoms with Crippen molar-refractivity contribution in [2.75, 3.05) is 18.8 Å². The van der Waals surface area contributed by atoms with Crippen LogP contribution in [-0.4, -0.2) is 59.0 Å². The fourth-order valence-corrected chi connectivity index (χ4v) is 7.89. The first-order valence-electron chi connectivity index (χ1n) is 11.4. The Morgan fingerprint density at radius 3 is 2.50 bits per heavy atom. The largest absolute Gasteiger partial charge is 0.370 e. The minimum absolute atomic E-state index is 0.117. The third-order valence-corrected chi connectivity index (χ3v) is 9.72. The lowest BCUT2D eigenvalue weighted by molar-refractivity contribution is -0.103. The number of hydrogen-bond acceptors (Lipinski definition) is 8. The maximum atomic E-state index is 12.5. The summed E-state index contributed by atoms with van der Waals surface area (Å²) >= 11 is 5.94. The van der Waals surface area contributed by atoms with Gasteiger partial charge in [-0.15, -0.1) is 0 Å². The van der Waals surface area contributed by atoms with Gasteiger partial charge in [0, 0.05) is 55.5 Å². The van der Waals surface area contributed by atoms with Crippen LogP contribution in [0.5, 0.6) is 0 Å². The molecule has 4 heterocycles. The number of aryl methyl sites for hydroxylation is 1. The Bertz CT molecular complexity index is 1050. The first kappa shape index (κ1) is 21.0. The molecule has 0 spiro atoms. The molecule has 2 saturated carbocycles. The minimum atomic E-state index is -1.59. The number of fused-ring (bicyclic) bond motifs is 2. The Balaban J connectivity index is 1.16. The third-order valence-electron chi connectivity index (χ3n) is 8.07. The van der Waals surface area contributed by atoms with Gasteiger partial charge in [0.05, 0.1) is 26.4 Å². The second-order valence-electron chi connectivity index (χ2n) is 9.78. The van der Waals surface area contributed by atoms with Crippen LogP contribution in [-0.2, 0) is 22.9 Å². The molecule has 170 valence electrons. The van der Waals surface area contributed by atoms with E-state index in [-0.39, 0.29) is 12.0 Å². The molecule has 10 heteroatoms. The fraction of sp³-hybridized carbons (Fsp3) is 0.636. The van der Waals surface area contributed by atoms with Crippen LogP contribution in [0.3, 0.4) is 0 Å². The van der Waals surface area contributed by atoms with Crippen LogP contribution in [0.1, 0.15) is 48.8 Å². The van der Waals surface area contributed by atoms with E-state index < -0.39 is 16.5 Å². The number of nitrogens with zero attached hydrogens (tertiary/aromatic N) is 5. The van der Waals surface area contributed by atoms with E-state index in [9.17, 15) is 9.32 Å². The van der Waals surface area contributed by atoms with E-state index >= 15 is 0 Å². The molecule has 2 aliphatic carbocycles. The first-order valence-corrected chi connectivity index (χ1v) is 13.1. The molecule has 1 saturated heterocycles. The second kappa shape index (κ2) is 7.77. The average molecular weight is 475 g/mol. The van der Waals surface area contributed by atoms with E-state index in [1.54, 1.807) is 12.4 Å². The van der Waals surface area contributed by atoms with Gasteiger partial charge in [-0.3, -0.25) is 14.8 Å². The molecule has 2 aromatic rings. The maximum Gasteiger partial charge on any atom is 0.162 e. The summed E-state index contributed by atoms with van der Waals surface area (Å²) in [7, 11) is -1.19. The molecule has 0 bridgehead atoms. The molecule has 0 radical (unpaired) electrons. The summed E-state index contributed by atoms with van der Waals surface area (Å²) in [6.07, 6.45) is 9.50. The van der Waals surface area contributed by atoms with E-state index in [0.717, 1.165) is 50.3 Å². The zero-order chi connectivity index (χ0) is 22.0. The average Bonchev–Trinajstić information content (AvgIpc) is 3.41. The Hall–Kier alpha value is -1.52. The summed E-state index contributed by atoms with van der Waals surface area (Å²) in [5.41, 5.74) is 6.08. The molecule has 8 nitrogen and oxygen atoms in total. The molecular formula is C22H27ClN6O2S. The number of rotatable bonds is 4. The summed E-state index contributed by atoms with van der Waals surface area (Å²) in [5.74, 6) is 2.93. The van der Waals surface area contributed by atoms with Crippen molar-refractivity contribution in [2.45, 2.75) is 54.7 Å².